The van der Waals surface area contributed by atoms with E-state index < -0.39 is 0 Å². The Kier molecular flexibility index (Phi) is 2.88. The number of aromatic nitrogens is 5. The van der Waals surface area contributed by atoms with Crippen molar-refractivity contribution in [1.82, 2.24) is 24.8 Å². The molecule has 0 aliphatic carbocycles. The Morgan fingerprint density at radius 3 is 3.14 bits per heavy atom. The highest BCUT2D eigenvalue weighted by atomic mass is 32.2. The third-order valence-corrected chi connectivity index (χ3v) is 4.29. The van der Waals surface area contributed by atoms with Gasteiger partial charge in [-0.15, -0.1) is 0 Å². The molecule has 106 valence electrons. The number of nitrogens with one attached hydrogen (secondary N) is 2. The minimum Gasteiger partial charge on any atom is -0.356 e. The summed E-state index contributed by atoms with van der Waals surface area (Å²) in [7, 11) is 0. The van der Waals surface area contributed by atoms with Crippen molar-refractivity contribution in [1.29, 1.82) is 0 Å². The van der Waals surface area contributed by atoms with Crippen LogP contribution in [0, 0.1) is 0 Å². The van der Waals surface area contributed by atoms with Crippen LogP contribution in [-0.2, 0) is 0 Å². The van der Waals surface area contributed by atoms with E-state index in [0.29, 0.717) is 0 Å². The fourth-order valence-electron chi connectivity index (χ4n) is 2.34. The van der Waals surface area contributed by atoms with Gasteiger partial charge in [0.15, 0.2) is 5.65 Å². The molecule has 4 rings (SSSR count). The third kappa shape index (κ3) is 2.17. The van der Waals surface area contributed by atoms with Crippen molar-refractivity contribution < 1.29 is 0 Å². The van der Waals surface area contributed by atoms with Crippen LogP contribution in [0.1, 0.15) is 13.3 Å². The van der Waals surface area contributed by atoms with Crippen LogP contribution in [0.5, 0.6) is 0 Å². The molecular weight excluding hydrogens is 286 g/mol. The molecule has 4 heterocycles. The van der Waals surface area contributed by atoms with E-state index in [4.69, 9.17) is 0 Å². The number of fused-ring (bicyclic) bond motifs is 1. The molecule has 0 spiro atoms. The van der Waals surface area contributed by atoms with Crippen LogP contribution in [0.25, 0.3) is 16.8 Å². The monoisotopic (exact) mass is 299 g/mol. The summed E-state index contributed by atoms with van der Waals surface area (Å²) in [6.07, 6.45) is 8.13. The van der Waals surface area contributed by atoms with Crippen LogP contribution in [0.2, 0.25) is 0 Å². The van der Waals surface area contributed by atoms with E-state index in [9.17, 15) is 0 Å². The molecule has 0 amide bonds. The summed E-state index contributed by atoms with van der Waals surface area (Å²) >= 11 is 1.56. The van der Waals surface area contributed by atoms with E-state index in [1.165, 1.54) is 0 Å². The molecule has 1 atom stereocenters. The van der Waals surface area contributed by atoms with Gasteiger partial charge in [-0.2, -0.15) is 14.7 Å². The van der Waals surface area contributed by atoms with Crippen LogP contribution < -0.4 is 5.32 Å². The van der Waals surface area contributed by atoms with Crippen molar-refractivity contribution in [3.63, 3.8) is 0 Å². The molecule has 2 N–H and O–H groups in total. The number of H-pyrrole nitrogens is 1. The molecule has 21 heavy (non-hydrogen) atoms. The molecular formula is C13H13N7S. The van der Waals surface area contributed by atoms with Crippen molar-refractivity contribution in [3.8, 4) is 11.1 Å². The molecule has 0 fully saturated rings. The lowest BCUT2D eigenvalue weighted by molar-refractivity contribution is 0.913. The Morgan fingerprint density at radius 2 is 2.38 bits per heavy atom. The Balaban J connectivity index is 1.71. The highest BCUT2D eigenvalue weighted by Crippen LogP contribution is 2.28. The van der Waals surface area contributed by atoms with Crippen LogP contribution in [0.4, 0.5) is 5.82 Å². The molecule has 3 aromatic rings. The number of hydrogen-bond acceptors (Lipinski definition) is 6. The molecule has 0 aromatic carbocycles. The average Bonchev–Trinajstić information content (AvgIpc) is 3.18. The lowest BCUT2D eigenvalue weighted by Gasteiger charge is -2.12. The SMILES string of the molecule is CC1=NSC(Nc2ccnc3c(-c4cn[nH]c4)cnn23)C1. The first-order chi connectivity index (χ1) is 10.3. The fraction of sp³-hybridized carbons (Fsp3) is 0.231. The second-order valence-corrected chi connectivity index (χ2v) is 5.84. The van der Waals surface area contributed by atoms with Gasteiger partial charge >= 0.3 is 0 Å². The molecule has 1 aliphatic rings. The minimum atomic E-state index is 0.247. The van der Waals surface area contributed by atoms with E-state index >= 15 is 0 Å². The maximum absolute atomic E-state index is 4.44. The summed E-state index contributed by atoms with van der Waals surface area (Å²) in [5.41, 5.74) is 3.90. The molecule has 1 unspecified atom stereocenters. The minimum absolute atomic E-state index is 0.247. The van der Waals surface area contributed by atoms with Crippen molar-refractivity contribution in [2.45, 2.75) is 18.7 Å². The maximum Gasteiger partial charge on any atom is 0.165 e. The summed E-state index contributed by atoms with van der Waals surface area (Å²) in [5, 5.41) is 14.9. The van der Waals surface area contributed by atoms with Crippen molar-refractivity contribution in [3.05, 3.63) is 30.9 Å². The molecule has 0 bridgehead atoms. The highest BCUT2D eigenvalue weighted by Gasteiger charge is 2.19. The smallest absolute Gasteiger partial charge is 0.165 e. The Labute approximate surface area is 125 Å². The van der Waals surface area contributed by atoms with Gasteiger partial charge in [-0.05, 0) is 24.9 Å². The fourth-order valence-corrected chi connectivity index (χ4v) is 3.21. The standard InChI is InChI=1S/C13H13N7S/c1-8-4-12(21-19-8)18-11-2-3-14-13-10(7-17-20(11)13)9-5-15-16-6-9/h2-3,5-7,12,18H,4H2,1H3,(H,15,16). The van der Waals surface area contributed by atoms with Gasteiger partial charge in [-0.3, -0.25) is 5.10 Å². The summed E-state index contributed by atoms with van der Waals surface area (Å²) in [5.74, 6) is 0.914. The zero-order chi connectivity index (χ0) is 14.2. The molecule has 3 aromatic heterocycles. The first-order valence-corrected chi connectivity index (χ1v) is 7.42. The van der Waals surface area contributed by atoms with E-state index in [1.807, 2.05) is 29.9 Å². The predicted molar refractivity (Wildman–Crippen MR) is 83.3 cm³/mol. The summed E-state index contributed by atoms with van der Waals surface area (Å²) in [4.78, 5) is 4.43. The van der Waals surface area contributed by atoms with Crippen LogP contribution in [0.15, 0.2) is 35.3 Å². The predicted octanol–water partition coefficient (Wildman–Crippen LogP) is 2.37. The molecule has 0 saturated carbocycles. The average molecular weight is 299 g/mol. The topological polar surface area (TPSA) is 83.3 Å². The Bertz CT molecular complexity index is 805. The van der Waals surface area contributed by atoms with Gasteiger partial charge in [-0.1, -0.05) is 0 Å². The lowest BCUT2D eigenvalue weighted by Crippen LogP contribution is -2.16. The van der Waals surface area contributed by atoms with Gasteiger partial charge in [-0.25, -0.2) is 9.38 Å². The van der Waals surface area contributed by atoms with Crippen LogP contribution in [-0.4, -0.2) is 35.9 Å². The van der Waals surface area contributed by atoms with Crippen molar-refractivity contribution in [2.75, 3.05) is 5.32 Å². The second kappa shape index (κ2) is 4.88. The maximum atomic E-state index is 4.44. The summed E-state index contributed by atoms with van der Waals surface area (Å²) < 4.78 is 6.17. The van der Waals surface area contributed by atoms with Crippen LogP contribution >= 0.6 is 11.9 Å². The molecule has 0 radical (unpaired) electrons. The van der Waals surface area contributed by atoms with E-state index in [0.717, 1.165) is 34.7 Å². The molecule has 0 saturated heterocycles. The number of rotatable bonds is 3. The number of aromatic amines is 1. The second-order valence-electron chi connectivity index (χ2n) is 4.88. The van der Waals surface area contributed by atoms with Crippen molar-refractivity contribution in [2.24, 2.45) is 4.40 Å². The number of hydrogen-bond donors (Lipinski definition) is 2. The molecule has 8 heteroatoms. The molecule has 1 aliphatic heterocycles. The largest absolute Gasteiger partial charge is 0.356 e. The van der Waals surface area contributed by atoms with E-state index in [2.05, 4.69) is 30.0 Å². The third-order valence-electron chi connectivity index (χ3n) is 3.34. The van der Waals surface area contributed by atoms with Gasteiger partial charge in [0.05, 0.1) is 12.4 Å². The van der Waals surface area contributed by atoms with Gasteiger partial charge in [0.2, 0.25) is 0 Å². The Hall–Kier alpha value is -2.35. The quantitative estimate of drug-likeness (QED) is 0.725. The highest BCUT2D eigenvalue weighted by molar-refractivity contribution is 7.99. The van der Waals surface area contributed by atoms with E-state index in [-0.39, 0.29) is 5.37 Å². The summed E-state index contributed by atoms with van der Waals surface area (Å²) in [6, 6.07) is 1.92. The first-order valence-electron chi connectivity index (χ1n) is 6.59. The van der Waals surface area contributed by atoms with Gasteiger partial charge in [0.1, 0.15) is 11.2 Å². The normalized spacial score (nSPS) is 18.1. The lowest BCUT2D eigenvalue weighted by atomic mass is 10.2. The first kappa shape index (κ1) is 12.4. The summed E-state index contributed by atoms with van der Waals surface area (Å²) in [6.45, 7) is 2.04. The van der Waals surface area contributed by atoms with Gasteiger partial charge in [0.25, 0.3) is 0 Å². The van der Waals surface area contributed by atoms with E-state index in [1.54, 1.807) is 24.3 Å². The zero-order valence-electron chi connectivity index (χ0n) is 11.3. The Morgan fingerprint density at radius 1 is 1.43 bits per heavy atom. The molecule has 7 nitrogen and oxygen atoms in total. The zero-order valence-corrected chi connectivity index (χ0v) is 12.1. The van der Waals surface area contributed by atoms with Crippen molar-refractivity contribution >= 4 is 29.1 Å². The van der Waals surface area contributed by atoms with Crippen LogP contribution in [0.3, 0.4) is 0 Å². The number of nitrogens with zero attached hydrogens (tertiary/aromatic N) is 5. The van der Waals surface area contributed by atoms with Gasteiger partial charge < -0.3 is 5.32 Å². The number of anilines is 1. The van der Waals surface area contributed by atoms with Gasteiger partial charge in [0, 0.05) is 35.7 Å².